The van der Waals surface area contributed by atoms with E-state index in [2.05, 4.69) is 107 Å². The fraction of sp³-hybridized carbons (Fsp3) is 0.200. The summed E-state index contributed by atoms with van der Waals surface area (Å²) in [5, 5.41) is 4.11. The monoisotopic (exact) mass is 480 g/mol. The predicted octanol–water partition coefficient (Wildman–Crippen LogP) is 6.40. The Balaban J connectivity index is 1.69. The summed E-state index contributed by atoms with van der Waals surface area (Å²) in [4.78, 5) is 14.6. The molecule has 1 fully saturated rings. The highest BCUT2D eigenvalue weighted by Crippen LogP contribution is 2.45. The lowest BCUT2D eigenvalue weighted by molar-refractivity contribution is -0.109. The van der Waals surface area contributed by atoms with E-state index in [1.807, 2.05) is 6.07 Å². The minimum atomic E-state index is -0.490. The Morgan fingerprint density at radius 1 is 0.914 bits per heavy atom. The van der Waals surface area contributed by atoms with Crippen LogP contribution in [0.1, 0.15) is 35.8 Å². The van der Waals surface area contributed by atoms with Gasteiger partial charge in [0.25, 0.3) is 0 Å². The van der Waals surface area contributed by atoms with Crippen molar-refractivity contribution in [1.82, 2.24) is 10.1 Å². The molecule has 0 spiro atoms. The van der Waals surface area contributed by atoms with Crippen LogP contribution in [0.3, 0.4) is 0 Å². The molecule has 0 bridgehead atoms. The van der Waals surface area contributed by atoms with Gasteiger partial charge in [-0.25, -0.2) is 0 Å². The first-order valence-corrected chi connectivity index (χ1v) is 12.8. The number of aromatic nitrogens is 1. The number of carbonyl (C=O) groups excluding carboxylic acids is 1. The summed E-state index contributed by atoms with van der Waals surface area (Å²) < 4.78 is 5.43. The lowest BCUT2D eigenvalue weighted by Crippen LogP contribution is -2.52. The Kier molecular flexibility index (Phi) is 6.98. The van der Waals surface area contributed by atoms with E-state index in [1.165, 1.54) is 34.0 Å². The highest BCUT2D eigenvalue weighted by molar-refractivity contribution is 8.14. The molecule has 1 unspecified atom stereocenters. The van der Waals surface area contributed by atoms with Gasteiger partial charge in [-0.05, 0) is 34.8 Å². The molecule has 176 valence electrons. The minimum Gasteiger partial charge on any atom is -0.357 e. The van der Waals surface area contributed by atoms with Gasteiger partial charge >= 0.3 is 0 Å². The van der Waals surface area contributed by atoms with Gasteiger partial charge < -0.3 is 4.52 Å². The second-order valence-corrected chi connectivity index (χ2v) is 10.1. The topological polar surface area (TPSA) is 46.3 Å². The second-order valence-electron chi connectivity index (χ2n) is 8.75. The first kappa shape index (κ1) is 23.3. The smallest absolute Gasteiger partial charge is 0.186 e. The van der Waals surface area contributed by atoms with E-state index < -0.39 is 5.54 Å². The highest BCUT2D eigenvalue weighted by Gasteiger charge is 2.44. The third kappa shape index (κ3) is 4.75. The van der Waals surface area contributed by atoms with Gasteiger partial charge in [0.15, 0.2) is 10.9 Å². The molecule has 0 N–H and O–H groups in total. The molecule has 1 saturated heterocycles. The van der Waals surface area contributed by atoms with Crippen LogP contribution in [-0.4, -0.2) is 33.5 Å². The maximum absolute atomic E-state index is 12.1. The van der Waals surface area contributed by atoms with Crippen molar-refractivity contribution in [3.05, 3.63) is 131 Å². The second kappa shape index (κ2) is 10.5. The van der Waals surface area contributed by atoms with E-state index >= 15 is 0 Å². The molecule has 35 heavy (non-hydrogen) atoms. The fourth-order valence-corrected chi connectivity index (χ4v) is 6.11. The zero-order valence-corrected chi connectivity index (χ0v) is 20.5. The molecule has 5 rings (SSSR count). The Labute approximate surface area is 210 Å². The average molecular weight is 481 g/mol. The molecular weight excluding hydrogens is 452 g/mol. The normalized spacial score (nSPS) is 18.0. The van der Waals surface area contributed by atoms with Crippen LogP contribution in [0.2, 0.25) is 0 Å². The lowest BCUT2D eigenvalue weighted by atomic mass is 9.74. The van der Waals surface area contributed by atoms with Crippen LogP contribution in [0.25, 0.3) is 6.08 Å². The van der Waals surface area contributed by atoms with Crippen molar-refractivity contribution in [3.63, 3.8) is 0 Å². The Bertz CT molecular complexity index is 1180. The number of likely N-dealkylation sites (tertiary alicyclic amines) is 1. The standard InChI is InChI=1S/C30H28N2O2S/c1-23(33)35-29-18-20-32(22-24(29)21-28-17-19-31-34-28)30(25-11-5-2-6-12-25,26-13-7-3-8-14-26)27-15-9-4-10-16-27/h2-17,19,21,29H,18,20,22H2,1H3. The summed E-state index contributed by atoms with van der Waals surface area (Å²) in [6.45, 7) is 3.19. The molecule has 5 heteroatoms. The molecule has 1 atom stereocenters. The molecule has 0 amide bonds. The Hall–Kier alpha value is -3.41. The van der Waals surface area contributed by atoms with Crippen LogP contribution in [-0.2, 0) is 10.3 Å². The predicted molar refractivity (Wildman–Crippen MR) is 142 cm³/mol. The van der Waals surface area contributed by atoms with E-state index in [0.717, 1.165) is 13.0 Å². The van der Waals surface area contributed by atoms with Crippen molar-refractivity contribution in [2.24, 2.45) is 0 Å². The molecule has 3 aromatic carbocycles. The third-order valence-corrected chi connectivity index (χ3v) is 7.75. The molecule has 1 aromatic heterocycles. The van der Waals surface area contributed by atoms with Crippen molar-refractivity contribution in [2.45, 2.75) is 24.1 Å². The van der Waals surface area contributed by atoms with E-state index in [0.29, 0.717) is 12.3 Å². The zero-order valence-electron chi connectivity index (χ0n) is 19.7. The first-order chi connectivity index (χ1) is 17.2. The van der Waals surface area contributed by atoms with Gasteiger partial charge in [0.2, 0.25) is 0 Å². The minimum absolute atomic E-state index is 0.105. The molecule has 1 aliphatic heterocycles. The van der Waals surface area contributed by atoms with Crippen LogP contribution in [0.15, 0.2) is 113 Å². The van der Waals surface area contributed by atoms with Gasteiger partial charge in [-0.3, -0.25) is 9.69 Å². The number of nitrogens with zero attached hydrogens (tertiary/aromatic N) is 2. The molecule has 0 saturated carbocycles. The van der Waals surface area contributed by atoms with Crippen molar-refractivity contribution in [3.8, 4) is 0 Å². The van der Waals surface area contributed by atoms with E-state index in [9.17, 15) is 4.79 Å². The van der Waals surface area contributed by atoms with Gasteiger partial charge in [-0.15, -0.1) is 0 Å². The van der Waals surface area contributed by atoms with Crippen LogP contribution < -0.4 is 0 Å². The molecule has 1 aliphatic rings. The van der Waals surface area contributed by atoms with Crippen LogP contribution in [0.5, 0.6) is 0 Å². The third-order valence-electron chi connectivity index (χ3n) is 6.59. The number of rotatable bonds is 6. The summed E-state index contributed by atoms with van der Waals surface area (Å²) in [6, 6.07) is 34.0. The zero-order chi connectivity index (χ0) is 24.1. The number of carbonyl (C=O) groups is 1. The van der Waals surface area contributed by atoms with Gasteiger partial charge in [0.1, 0.15) is 0 Å². The maximum Gasteiger partial charge on any atom is 0.186 e. The quantitative estimate of drug-likeness (QED) is 0.299. The molecule has 4 nitrogen and oxygen atoms in total. The van der Waals surface area contributed by atoms with E-state index in [-0.39, 0.29) is 10.4 Å². The summed E-state index contributed by atoms with van der Waals surface area (Å²) in [5.74, 6) is 0.709. The number of piperidine rings is 1. The number of thioether (sulfide) groups is 1. The molecule has 2 heterocycles. The average Bonchev–Trinajstić information content (AvgIpc) is 3.41. The summed E-state index contributed by atoms with van der Waals surface area (Å²) in [6.07, 6.45) is 4.58. The largest absolute Gasteiger partial charge is 0.357 e. The number of benzene rings is 3. The molecule has 0 aliphatic carbocycles. The van der Waals surface area contributed by atoms with Crippen molar-refractivity contribution < 1.29 is 9.32 Å². The molecule has 4 aromatic rings. The SMILES string of the molecule is CC(=O)SC1CCN(C(c2ccccc2)(c2ccccc2)c2ccccc2)CC1=Cc1ccno1. The van der Waals surface area contributed by atoms with Crippen molar-refractivity contribution in [1.29, 1.82) is 0 Å². The van der Waals surface area contributed by atoms with Gasteiger partial charge in [0.05, 0.1) is 11.7 Å². The van der Waals surface area contributed by atoms with Crippen LogP contribution >= 0.6 is 11.8 Å². The van der Waals surface area contributed by atoms with Crippen LogP contribution in [0.4, 0.5) is 0 Å². The van der Waals surface area contributed by atoms with Crippen molar-refractivity contribution in [2.75, 3.05) is 13.1 Å². The summed E-state index contributed by atoms with van der Waals surface area (Å²) in [5.41, 5.74) is 4.33. The summed E-state index contributed by atoms with van der Waals surface area (Å²) >= 11 is 1.41. The number of hydrogen-bond donors (Lipinski definition) is 0. The van der Waals surface area contributed by atoms with Gasteiger partial charge in [0, 0.05) is 31.3 Å². The van der Waals surface area contributed by atoms with Gasteiger partial charge in [-0.2, -0.15) is 0 Å². The van der Waals surface area contributed by atoms with Gasteiger partial charge in [-0.1, -0.05) is 108 Å². The fourth-order valence-electron chi connectivity index (χ4n) is 5.19. The molecular formula is C30H28N2O2S. The molecule has 0 radical (unpaired) electrons. The van der Waals surface area contributed by atoms with Crippen molar-refractivity contribution >= 4 is 23.0 Å². The summed E-state index contributed by atoms with van der Waals surface area (Å²) in [7, 11) is 0. The van der Waals surface area contributed by atoms with Crippen LogP contribution in [0, 0.1) is 0 Å². The van der Waals surface area contributed by atoms with E-state index in [4.69, 9.17) is 4.52 Å². The maximum atomic E-state index is 12.1. The lowest BCUT2D eigenvalue weighted by Gasteiger charge is -2.49. The first-order valence-electron chi connectivity index (χ1n) is 11.9. The number of hydrogen-bond acceptors (Lipinski definition) is 5. The Morgan fingerprint density at radius 2 is 1.46 bits per heavy atom. The highest BCUT2D eigenvalue weighted by atomic mass is 32.2. The van der Waals surface area contributed by atoms with E-state index in [1.54, 1.807) is 13.1 Å². The Morgan fingerprint density at radius 3 is 1.91 bits per heavy atom.